The molecule has 0 bridgehead atoms. The number of hydrogen-bond donors (Lipinski definition) is 0. The van der Waals surface area contributed by atoms with Gasteiger partial charge in [-0.2, -0.15) is 13.2 Å². The predicted molar refractivity (Wildman–Crippen MR) is 115 cm³/mol. The zero-order valence-electron chi connectivity index (χ0n) is 17.8. The lowest BCUT2D eigenvalue weighted by molar-refractivity contribution is -0.138. The maximum Gasteiger partial charge on any atom is 0.416 e. The highest BCUT2D eigenvalue weighted by atomic mass is 19.4. The van der Waals surface area contributed by atoms with Crippen LogP contribution in [0.2, 0.25) is 0 Å². The minimum atomic E-state index is -4.38. The molecule has 0 spiro atoms. The number of nitrogens with zero attached hydrogens (tertiary/aromatic N) is 1. The molecule has 1 fully saturated rings. The van der Waals surface area contributed by atoms with Crippen LogP contribution in [0, 0.1) is 0 Å². The second-order valence-corrected chi connectivity index (χ2v) is 8.02. The molecule has 3 rings (SSSR count). The van der Waals surface area contributed by atoms with Crippen LogP contribution >= 0.6 is 0 Å². The largest absolute Gasteiger partial charge is 0.416 e. The van der Waals surface area contributed by atoms with Crippen molar-refractivity contribution in [2.45, 2.75) is 70.6 Å². The topological polar surface area (TPSA) is 38.7 Å². The number of rotatable bonds is 8. The predicted octanol–water partition coefficient (Wildman–Crippen LogP) is 6.87. The van der Waals surface area contributed by atoms with Gasteiger partial charge in [-0.1, -0.05) is 61.7 Å². The summed E-state index contributed by atoms with van der Waals surface area (Å²) in [7, 11) is 0. The molecule has 0 N–H and O–H groups in total. The van der Waals surface area contributed by atoms with Crippen molar-refractivity contribution in [3.8, 4) is 0 Å². The number of aldehydes is 1. The zero-order valence-corrected chi connectivity index (χ0v) is 17.8. The number of carbonyl (C=O) groups excluding carboxylic acids is 1. The van der Waals surface area contributed by atoms with E-state index in [1.165, 1.54) is 6.07 Å². The average molecular weight is 431 g/mol. The number of hydrogen-bond acceptors (Lipinski definition) is 3. The second-order valence-electron chi connectivity index (χ2n) is 8.02. The minimum Gasteiger partial charge on any atom is -0.391 e. The van der Waals surface area contributed by atoms with Gasteiger partial charge in [0.25, 0.3) is 0 Å². The van der Waals surface area contributed by atoms with Crippen LogP contribution < -0.4 is 0 Å². The Bertz CT molecular complexity index is 915. The summed E-state index contributed by atoms with van der Waals surface area (Å²) in [5.74, 6) is -0.0167. The van der Waals surface area contributed by atoms with E-state index in [9.17, 15) is 18.0 Å². The van der Waals surface area contributed by atoms with Crippen molar-refractivity contribution in [1.29, 1.82) is 0 Å². The number of carbonyl (C=O) groups is 1. The van der Waals surface area contributed by atoms with E-state index in [1.54, 1.807) is 24.4 Å². The third-order valence-corrected chi connectivity index (χ3v) is 5.89. The summed E-state index contributed by atoms with van der Waals surface area (Å²) >= 11 is 0. The van der Waals surface area contributed by atoms with Crippen LogP contribution in [-0.4, -0.2) is 12.5 Å². The smallest absolute Gasteiger partial charge is 0.391 e. The van der Waals surface area contributed by atoms with Crippen molar-refractivity contribution in [3.63, 3.8) is 0 Å². The van der Waals surface area contributed by atoms with Crippen molar-refractivity contribution in [3.05, 3.63) is 69.8 Å². The molecule has 0 heterocycles. The molecule has 0 aliphatic heterocycles. The van der Waals surface area contributed by atoms with Gasteiger partial charge in [-0.15, -0.1) is 0 Å². The molecular weight excluding hydrogens is 403 g/mol. The number of aryl methyl sites for hydroxylation is 1. The average Bonchev–Trinajstić information content (AvgIpc) is 2.78. The van der Waals surface area contributed by atoms with Gasteiger partial charge in [-0.05, 0) is 53.5 Å². The van der Waals surface area contributed by atoms with Gasteiger partial charge in [0.2, 0.25) is 0 Å². The van der Waals surface area contributed by atoms with E-state index in [2.05, 4.69) is 5.16 Å². The van der Waals surface area contributed by atoms with Crippen LogP contribution in [0.25, 0.3) is 0 Å². The molecule has 0 radical (unpaired) electrons. The van der Waals surface area contributed by atoms with Crippen molar-refractivity contribution >= 4 is 12.5 Å². The van der Waals surface area contributed by atoms with Crippen LogP contribution in [0.15, 0.2) is 41.6 Å². The Balaban J connectivity index is 1.62. The summed E-state index contributed by atoms with van der Waals surface area (Å²) in [4.78, 5) is 16.3. The molecular formula is C25H28F3NO2. The van der Waals surface area contributed by atoms with Crippen molar-refractivity contribution in [2.75, 3.05) is 0 Å². The van der Waals surface area contributed by atoms with Gasteiger partial charge in [-0.3, -0.25) is 4.79 Å². The van der Waals surface area contributed by atoms with Gasteiger partial charge < -0.3 is 4.84 Å². The molecule has 0 atom stereocenters. The summed E-state index contributed by atoms with van der Waals surface area (Å²) in [5.41, 5.74) is 2.95. The molecule has 0 saturated heterocycles. The fourth-order valence-electron chi connectivity index (χ4n) is 4.22. The molecule has 1 saturated carbocycles. The van der Waals surface area contributed by atoms with E-state index in [0.29, 0.717) is 23.1 Å². The Kier molecular flexibility index (Phi) is 7.88. The summed E-state index contributed by atoms with van der Waals surface area (Å²) in [6, 6.07) is 10.1. The lowest BCUT2D eigenvalue weighted by atomic mass is 9.81. The van der Waals surface area contributed by atoms with E-state index in [0.717, 1.165) is 55.9 Å². The summed E-state index contributed by atoms with van der Waals surface area (Å²) in [5, 5.41) is 3.89. The quantitative estimate of drug-likeness (QED) is 0.260. The molecule has 0 unspecified atom stereocenters. The zero-order chi connectivity index (χ0) is 22.3. The van der Waals surface area contributed by atoms with Gasteiger partial charge in [0.05, 0.1) is 5.56 Å². The molecule has 2 aromatic carbocycles. The van der Waals surface area contributed by atoms with E-state index in [1.807, 2.05) is 19.1 Å². The molecule has 6 heteroatoms. The third kappa shape index (κ3) is 6.18. The fraction of sp³-hybridized carbons (Fsp3) is 0.440. The molecule has 31 heavy (non-hydrogen) atoms. The maximum atomic E-state index is 13.6. The van der Waals surface area contributed by atoms with Gasteiger partial charge in [0, 0.05) is 18.2 Å². The second kappa shape index (κ2) is 10.6. The van der Waals surface area contributed by atoms with Crippen LogP contribution in [0.4, 0.5) is 13.2 Å². The van der Waals surface area contributed by atoms with Gasteiger partial charge in [0.1, 0.15) is 12.9 Å². The molecule has 0 amide bonds. The van der Waals surface area contributed by atoms with Crippen LogP contribution in [0.1, 0.15) is 83.1 Å². The van der Waals surface area contributed by atoms with Gasteiger partial charge in [0.15, 0.2) is 0 Å². The van der Waals surface area contributed by atoms with E-state index in [4.69, 9.17) is 4.84 Å². The fourth-order valence-corrected chi connectivity index (χ4v) is 4.22. The van der Waals surface area contributed by atoms with E-state index in [-0.39, 0.29) is 12.5 Å². The molecule has 2 aromatic rings. The van der Waals surface area contributed by atoms with Crippen LogP contribution in [0.3, 0.4) is 0 Å². The molecule has 3 nitrogen and oxygen atoms in total. The standard InChI is InChI=1S/C25H28F3NO2/c1-2-20-14-18(8-10-22(20)16-30)12-13-29-31-17-19-9-11-23(21-6-4-3-5-7-21)24(15-19)25(26,27)28/h8-11,13-16,21H,2-7,12,17H2,1H3. The maximum absolute atomic E-state index is 13.6. The summed E-state index contributed by atoms with van der Waals surface area (Å²) in [6.45, 7) is 1.97. The first kappa shape index (κ1) is 23.0. The van der Waals surface area contributed by atoms with E-state index < -0.39 is 11.7 Å². The Hall–Kier alpha value is -2.63. The Morgan fingerprint density at radius 1 is 1.06 bits per heavy atom. The Labute approximate surface area is 181 Å². The van der Waals surface area contributed by atoms with Crippen LogP contribution in [-0.2, 0) is 30.5 Å². The SMILES string of the molecule is CCc1cc(CC=NOCc2ccc(C3CCCCC3)c(C(F)(F)F)c2)ccc1C=O. The Morgan fingerprint density at radius 3 is 2.48 bits per heavy atom. The molecule has 1 aliphatic rings. The highest BCUT2D eigenvalue weighted by Gasteiger charge is 2.35. The first-order chi connectivity index (χ1) is 14.9. The summed E-state index contributed by atoms with van der Waals surface area (Å²) in [6.07, 6.45) is 4.02. The third-order valence-electron chi connectivity index (χ3n) is 5.89. The number of benzene rings is 2. The number of halogens is 3. The monoisotopic (exact) mass is 431 g/mol. The lowest BCUT2D eigenvalue weighted by Gasteiger charge is -2.25. The first-order valence-corrected chi connectivity index (χ1v) is 10.8. The Morgan fingerprint density at radius 2 is 1.81 bits per heavy atom. The highest BCUT2D eigenvalue weighted by molar-refractivity contribution is 5.77. The lowest BCUT2D eigenvalue weighted by Crippen LogP contribution is -2.14. The van der Waals surface area contributed by atoms with Crippen molar-refractivity contribution in [2.24, 2.45) is 5.16 Å². The number of alkyl halides is 3. The normalized spacial score (nSPS) is 15.4. The van der Waals surface area contributed by atoms with Crippen molar-refractivity contribution < 1.29 is 22.8 Å². The van der Waals surface area contributed by atoms with Gasteiger partial charge >= 0.3 is 6.18 Å². The van der Waals surface area contributed by atoms with Gasteiger partial charge in [-0.25, -0.2) is 0 Å². The van der Waals surface area contributed by atoms with E-state index >= 15 is 0 Å². The summed E-state index contributed by atoms with van der Waals surface area (Å²) < 4.78 is 40.9. The molecule has 0 aromatic heterocycles. The first-order valence-electron chi connectivity index (χ1n) is 10.8. The number of oxime groups is 1. The molecule has 166 valence electrons. The highest BCUT2D eigenvalue weighted by Crippen LogP contribution is 2.41. The van der Waals surface area contributed by atoms with Crippen LogP contribution in [0.5, 0.6) is 0 Å². The molecule has 1 aliphatic carbocycles. The van der Waals surface area contributed by atoms with Crippen molar-refractivity contribution in [1.82, 2.24) is 0 Å². The minimum absolute atomic E-state index is 0.0167.